The fourth-order valence-electron chi connectivity index (χ4n) is 6.24. The smallest absolute Gasteiger partial charge is 0.161 e. The van der Waals surface area contributed by atoms with Crippen LogP contribution in [0.2, 0.25) is 0 Å². The van der Waals surface area contributed by atoms with E-state index in [2.05, 4.69) is 36.2 Å². The Balaban J connectivity index is 1.43. The summed E-state index contributed by atoms with van der Waals surface area (Å²) in [7, 11) is 3.47. The van der Waals surface area contributed by atoms with Gasteiger partial charge in [-0.3, -0.25) is 4.90 Å². The lowest BCUT2D eigenvalue weighted by atomic mass is 9.74. The minimum atomic E-state index is 0.472. The van der Waals surface area contributed by atoms with Crippen molar-refractivity contribution < 1.29 is 14.2 Å². The first kappa shape index (κ1) is 23.8. The third-order valence-corrected chi connectivity index (χ3v) is 8.01. The number of hydrogen-bond acceptors (Lipinski definition) is 5. The van der Waals surface area contributed by atoms with E-state index in [9.17, 15) is 0 Å². The monoisotopic (exact) mass is 444 g/mol. The lowest BCUT2D eigenvalue weighted by molar-refractivity contribution is -0.00819. The van der Waals surface area contributed by atoms with Crippen LogP contribution in [0.25, 0.3) is 0 Å². The molecule has 3 atom stereocenters. The second kappa shape index (κ2) is 11.2. The molecule has 1 N–H and O–H groups in total. The summed E-state index contributed by atoms with van der Waals surface area (Å²) in [6.45, 7) is 11.3. The normalized spacial score (nSPS) is 26.6. The van der Waals surface area contributed by atoms with Gasteiger partial charge in [0.05, 0.1) is 14.2 Å². The molecule has 3 aliphatic rings. The van der Waals surface area contributed by atoms with Gasteiger partial charge >= 0.3 is 0 Å². The molecule has 0 spiro atoms. The van der Waals surface area contributed by atoms with Gasteiger partial charge in [0.1, 0.15) is 0 Å². The molecule has 2 saturated heterocycles. The lowest BCUT2D eigenvalue weighted by Gasteiger charge is -2.47. The number of benzene rings is 1. The maximum Gasteiger partial charge on any atom is 0.161 e. The van der Waals surface area contributed by atoms with Crippen LogP contribution in [0.1, 0.15) is 63.1 Å². The Morgan fingerprint density at radius 3 is 2.53 bits per heavy atom. The molecule has 2 fully saturated rings. The first-order valence-corrected chi connectivity index (χ1v) is 12.9. The Kier molecular flexibility index (Phi) is 8.36. The predicted molar refractivity (Wildman–Crippen MR) is 130 cm³/mol. The molecule has 0 saturated carbocycles. The number of rotatable bonds is 9. The molecule has 1 aromatic carbocycles. The van der Waals surface area contributed by atoms with Crippen LogP contribution in [0.4, 0.5) is 0 Å². The van der Waals surface area contributed by atoms with Crippen LogP contribution >= 0.6 is 0 Å². The maximum absolute atomic E-state index is 6.35. The summed E-state index contributed by atoms with van der Waals surface area (Å²) in [4.78, 5) is 2.73. The highest BCUT2D eigenvalue weighted by molar-refractivity contribution is 5.49. The van der Waals surface area contributed by atoms with Gasteiger partial charge < -0.3 is 19.5 Å². The van der Waals surface area contributed by atoms with E-state index in [1.54, 1.807) is 14.2 Å². The largest absolute Gasteiger partial charge is 0.493 e. The standard InChI is InChI=1S/C27H44N2O3/c1-19(2)13-22-17-29-11-7-21-15-26(30-3)27(31-4)16-24(21)25(29)14-23(22)18-32-12-8-20-5-9-28-10-6-20/h15-16,19-20,22-23,25,28H,5-14,17-18H2,1-4H3. The number of nitrogens with one attached hydrogen (secondary N) is 1. The molecule has 0 bridgehead atoms. The van der Waals surface area contributed by atoms with Crippen LogP contribution in [0.5, 0.6) is 11.5 Å². The summed E-state index contributed by atoms with van der Waals surface area (Å²) in [6, 6.07) is 4.92. The highest BCUT2D eigenvalue weighted by atomic mass is 16.5. The SMILES string of the molecule is COc1cc2c(cc1OC)C1CC(COCCC3CCNCC3)C(CC(C)C)CN1CC2. The highest BCUT2D eigenvalue weighted by Gasteiger charge is 2.39. The zero-order valence-electron chi connectivity index (χ0n) is 20.7. The molecule has 180 valence electrons. The quantitative estimate of drug-likeness (QED) is 0.560. The van der Waals surface area contributed by atoms with Gasteiger partial charge in [-0.15, -0.1) is 0 Å². The molecule has 5 heteroatoms. The first-order valence-electron chi connectivity index (χ1n) is 12.9. The van der Waals surface area contributed by atoms with Gasteiger partial charge in [0.25, 0.3) is 0 Å². The summed E-state index contributed by atoms with van der Waals surface area (Å²) in [6.07, 6.45) is 7.41. The van der Waals surface area contributed by atoms with Crippen molar-refractivity contribution in [3.63, 3.8) is 0 Å². The molecule has 0 aromatic heterocycles. The van der Waals surface area contributed by atoms with Crippen LogP contribution in [-0.4, -0.2) is 58.5 Å². The van der Waals surface area contributed by atoms with E-state index < -0.39 is 0 Å². The molecule has 3 aliphatic heterocycles. The van der Waals surface area contributed by atoms with Crippen molar-refractivity contribution in [2.24, 2.45) is 23.7 Å². The van der Waals surface area contributed by atoms with Crippen molar-refractivity contribution in [2.45, 2.75) is 58.4 Å². The zero-order chi connectivity index (χ0) is 22.5. The third-order valence-electron chi connectivity index (χ3n) is 8.01. The van der Waals surface area contributed by atoms with Crippen molar-refractivity contribution in [3.8, 4) is 11.5 Å². The van der Waals surface area contributed by atoms with E-state index in [1.807, 2.05) is 0 Å². The van der Waals surface area contributed by atoms with Crippen molar-refractivity contribution in [3.05, 3.63) is 23.3 Å². The van der Waals surface area contributed by atoms with E-state index in [4.69, 9.17) is 14.2 Å². The summed E-state index contributed by atoms with van der Waals surface area (Å²) in [5, 5.41) is 3.47. The van der Waals surface area contributed by atoms with E-state index in [-0.39, 0.29) is 0 Å². The van der Waals surface area contributed by atoms with E-state index in [1.165, 1.54) is 62.9 Å². The topological polar surface area (TPSA) is 43.0 Å². The molecule has 0 amide bonds. The first-order chi connectivity index (χ1) is 15.6. The van der Waals surface area contributed by atoms with Gasteiger partial charge in [-0.2, -0.15) is 0 Å². The van der Waals surface area contributed by atoms with E-state index in [0.29, 0.717) is 12.0 Å². The van der Waals surface area contributed by atoms with E-state index >= 15 is 0 Å². The second-order valence-electron chi connectivity index (χ2n) is 10.6. The number of ether oxygens (including phenoxy) is 3. The van der Waals surface area contributed by atoms with Gasteiger partial charge in [-0.05, 0) is 98.5 Å². The summed E-state index contributed by atoms with van der Waals surface area (Å²) in [5.74, 6) is 4.64. The summed E-state index contributed by atoms with van der Waals surface area (Å²) >= 11 is 0. The summed E-state index contributed by atoms with van der Waals surface area (Å²) < 4.78 is 17.6. The molecule has 3 heterocycles. The van der Waals surface area contributed by atoms with Crippen molar-refractivity contribution >= 4 is 0 Å². The highest BCUT2D eigenvalue weighted by Crippen LogP contribution is 2.45. The summed E-state index contributed by atoms with van der Waals surface area (Å²) in [5.41, 5.74) is 2.87. The Morgan fingerprint density at radius 2 is 1.81 bits per heavy atom. The molecule has 4 rings (SSSR count). The minimum Gasteiger partial charge on any atom is -0.493 e. The van der Waals surface area contributed by atoms with Gasteiger partial charge in [0, 0.05) is 32.3 Å². The molecule has 5 nitrogen and oxygen atoms in total. The van der Waals surface area contributed by atoms with Crippen LogP contribution in [0.15, 0.2) is 12.1 Å². The van der Waals surface area contributed by atoms with Gasteiger partial charge in [0.15, 0.2) is 11.5 Å². The number of fused-ring (bicyclic) bond motifs is 3. The van der Waals surface area contributed by atoms with Crippen molar-refractivity contribution in [2.75, 3.05) is 53.6 Å². The van der Waals surface area contributed by atoms with Crippen molar-refractivity contribution in [1.29, 1.82) is 0 Å². The van der Waals surface area contributed by atoms with Gasteiger partial charge in [-0.25, -0.2) is 0 Å². The molecule has 0 radical (unpaired) electrons. The molecule has 0 aliphatic carbocycles. The van der Waals surface area contributed by atoms with Gasteiger partial charge in [0.2, 0.25) is 0 Å². The lowest BCUT2D eigenvalue weighted by Crippen LogP contribution is -2.47. The number of hydrogen-bond donors (Lipinski definition) is 1. The molecular weight excluding hydrogens is 400 g/mol. The minimum absolute atomic E-state index is 0.472. The molecular formula is C27H44N2O3. The van der Waals surface area contributed by atoms with Crippen LogP contribution in [-0.2, 0) is 11.2 Å². The van der Waals surface area contributed by atoms with Crippen LogP contribution in [0.3, 0.4) is 0 Å². The zero-order valence-corrected chi connectivity index (χ0v) is 20.7. The fourth-order valence-corrected chi connectivity index (χ4v) is 6.24. The average molecular weight is 445 g/mol. The van der Waals surface area contributed by atoms with Crippen LogP contribution < -0.4 is 14.8 Å². The fraction of sp³-hybridized carbons (Fsp3) is 0.778. The number of methoxy groups -OCH3 is 2. The predicted octanol–water partition coefficient (Wildman–Crippen LogP) is 4.69. The third kappa shape index (κ3) is 5.60. The van der Waals surface area contributed by atoms with E-state index in [0.717, 1.165) is 55.4 Å². The Bertz CT molecular complexity index is 732. The Morgan fingerprint density at radius 1 is 1.06 bits per heavy atom. The average Bonchev–Trinajstić information content (AvgIpc) is 2.81. The maximum atomic E-state index is 6.35. The number of nitrogens with zero attached hydrogens (tertiary/aromatic N) is 1. The Hall–Kier alpha value is -1.30. The second-order valence-corrected chi connectivity index (χ2v) is 10.6. The molecule has 3 unspecified atom stereocenters. The van der Waals surface area contributed by atoms with Crippen LogP contribution in [0, 0.1) is 23.7 Å². The van der Waals surface area contributed by atoms with Gasteiger partial charge in [-0.1, -0.05) is 13.8 Å². The van der Waals surface area contributed by atoms with Crippen molar-refractivity contribution in [1.82, 2.24) is 10.2 Å². The number of piperidine rings is 2. The Labute approximate surface area is 195 Å². The molecule has 32 heavy (non-hydrogen) atoms. The molecule has 1 aromatic rings.